The van der Waals surface area contributed by atoms with E-state index in [-0.39, 0.29) is 17.4 Å². The number of ether oxygens (including phenoxy) is 1. The van der Waals surface area contributed by atoms with Crippen LogP contribution in [0.15, 0.2) is 54.4 Å². The molecule has 1 aromatic carbocycles. The standard InChI is InChI=1S/C23H24N2O4/c1-2-15-7-9-16(10-8-15)21(26)19-20(17-5-3-11-24-13-17)25(23(28)22(19)27)14-18-6-4-12-29-18/h3,5,7-11,13,18,20,26H,2,4,6,12,14H2,1H3/b21-19-. The number of rotatable bonds is 5. The van der Waals surface area contributed by atoms with E-state index in [0.717, 1.165) is 24.8 Å². The molecule has 1 N–H and O–H groups in total. The topological polar surface area (TPSA) is 79.7 Å². The number of aryl methyl sites for hydroxylation is 1. The molecule has 2 aliphatic heterocycles. The van der Waals surface area contributed by atoms with Gasteiger partial charge >= 0.3 is 0 Å². The maximum absolute atomic E-state index is 12.9. The van der Waals surface area contributed by atoms with Gasteiger partial charge in [0.1, 0.15) is 5.76 Å². The van der Waals surface area contributed by atoms with Crippen LogP contribution >= 0.6 is 0 Å². The second-order valence-corrected chi connectivity index (χ2v) is 7.42. The Morgan fingerprint density at radius 3 is 2.66 bits per heavy atom. The van der Waals surface area contributed by atoms with Crippen LogP contribution in [0, 0.1) is 0 Å². The molecule has 0 saturated carbocycles. The lowest BCUT2D eigenvalue weighted by molar-refractivity contribution is -0.140. The molecule has 2 saturated heterocycles. The number of amides is 1. The molecule has 2 unspecified atom stereocenters. The maximum atomic E-state index is 12.9. The Morgan fingerprint density at radius 2 is 2.03 bits per heavy atom. The number of likely N-dealkylation sites (tertiary alicyclic amines) is 1. The summed E-state index contributed by atoms with van der Waals surface area (Å²) >= 11 is 0. The molecule has 1 aromatic heterocycles. The van der Waals surface area contributed by atoms with Crippen LogP contribution < -0.4 is 0 Å². The normalized spacial score (nSPS) is 23.7. The number of aliphatic hydroxyl groups excluding tert-OH is 1. The molecular weight excluding hydrogens is 368 g/mol. The van der Waals surface area contributed by atoms with Gasteiger partial charge in [0.25, 0.3) is 11.7 Å². The highest BCUT2D eigenvalue weighted by atomic mass is 16.5. The number of pyridine rings is 1. The highest BCUT2D eigenvalue weighted by Crippen LogP contribution is 2.39. The zero-order chi connectivity index (χ0) is 20.4. The van der Waals surface area contributed by atoms with E-state index in [9.17, 15) is 14.7 Å². The summed E-state index contributed by atoms with van der Waals surface area (Å²) < 4.78 is 5.69. The Morgan fingerprint density at radius 1 is 1.24 bits per heavy atom. The van der Waals surface area contributed by atoms with E-state index in [1.807, 2.05) is 25.1 Å². The summed E-state index contributed by atoms with van der Waals surface area (Å²) in [7, 11) is 0. The lowest BCUT2D eigenvalue weighted by Gasteiger charge is -2.27. The summed E-state index contributed by atoms with van der Waals surface area (Å²) in [6.45, 7) is 3.03. The van der Waals surface area contributed by atoms with Crippen molar-refractivity contribution in [3.05, 3.63) is 71.1 Å². The first-order chi connectivity index (χ1) is 14.1. The summed E-state index contributed by atoms with van der Waals surface area (Å²) in [5.41, 5.74) is 2.44. The van der Waals surface area contributed by atoms with Gasteiger partial charge in [-0.15, -0.1) is 0 Å². The fourth-order valence-corrected chi connectivity index (χ4v) is 4.01. The van der Waals surface area contributed by atoms with E-state index in [2.05, 4.69) is 4.98 Å². The molecule has 2 aliphatic rings. The van der Waals surface area contributed by atoms with Gasteiger partial charge in [0, 0.05) is 31.1 Å². The lowest BCUT2D eigenvalue weighted by atomic mass is 9.95. The summed E-state index contributed by atoms with van der Waals surface area (Å²) in [6, 6.07) is 10.3. The number of benzene rings is 1. The summed E-state index contributed by atoms with van der Waals surface area (Å²) in [4.78, 5) is 31.5. The molecular formula is C23H24N2O4. The molecule has 6 nitrogen and oxygen atoms in total. The van der Waals surface area contributed by atoms with Crippen molar-refractivity contribution >= 4 is 17.4 Å². The number of aliphatic hydroxyl groups is 1. The summed E-state index contributed by atoms with van der Waals surface area (Å²) in [5, 5.41) is 11.0. The van der Waals surface area contributed by atoms with Gasteiger partial charge in [0.2, 0.25) is 0 Å². The number of hydrogen-bond acceptors (Lipinski definition) is 5. The fourth-order valence-electron chi connectivity index (χ4n) is 4.01. The van der Waals surface area contributed by atoms with Crippen LogP contribution in [-0.2, 0) is 20.7 Å². The average Bonchev–Trinajstić information content (AvgIpc) is 3.36. The number of aromatic nitrogens is 1. The van der Waals surface area contributed by atoms with Crippen LogP contribution in [0.1, 0.15) is 42.5 Å². The van der Waals surface area contributed by atoms with Crippen LogP contribution in [0.5, 0.6) is 0 Å². The SMILES string of the molecule is CCc1ccc(/C(O)=C2/C(=O)C(=O)N(CC3CCCO3)C2c2cccnc2)cc1. The molecule has 0 aliphatic carbocycles. The van der Waals surface area contributed by atoms with Gasteiger partial charge in [-0.05, 0) is 36.5 Å². The van der Waals surface area contributed by atoms with E-state index in [1.165, 1.54) is 4.90 Å². The monoisotopic (exact) mass is 392 g/mol. The Hall–Kier alpha value is -2.99. The van der Waals surface area contributed by atoms with Gasteiger partial charge < -0.3 is 14.7 Å². The number of ketones is 1. The van der Waals surface area contributed by atoms with Crippen molar-refractivity contribution < 1.29 is 19.4 Å². The zero-order valence-electron chi connectivity index (χ0n) is 16.4. The molecule has 1 amide bonds. The smallest absolute Gasteiger partial charge is 0.295 e. The first kappa shape index (κ1) is 19.3. The fraction of sp³-hybridized carbons (Fsp3) is 0.348. The average molecular weight is 392 g/mol. The molecule has 0 bridgehead atoms. The predicted octanol–water partition coefficient (Wildman–Crippen LogP) is 3.24. The molecule has 0 radical (unpaired) electrons. The van der Waals surface area contributed by atoms with Crippen molar-refractivity contribution in [2.75, 3.05) is 13.2 Å². The molecule has 2 atom stereocenters. The van der Waals surface area contributed by atoms with Crippen molar-refractivity contribution in [3.8, 4) is 0 Å². The van der Waals surface area contributed by atoms with Gasteiger partial charge in [-0.3, -0.25) is 14.6 Å². The van der Waals surface area contributed by atoms with Crippen molar-refractivity contribution in [2.24, 2.45) is 0 Å². The van der Waals surface area contributed by atoms with E-state index >= 15 is 0 Å². The maximum Gasteiger partial charge on any atom is 0.295 e. The van der Waals surface area contributed by atoms with Crippen molar-refractivity contribution in [1.29, 1.82) is 0 Å². The predicted molar refractivity (Wildman–Crippen MR) is 108 cm³/mol. The highest BCUT2D eigenvalue weighted by Gasteiger charge is 2.47. The summed E-state index contributed by atoms with van der Waals surface area (Å²) in [6.07, 6.45) is 5.84. The van der Waals surface area contributed by atoms with E-state index < -0.39 is 17.7 Å². The Kier molecular flexibility index (Phi) is 5.45. The van der Waals surface area contributed by atoms with Crippen LogP contribution in [0.25, 0.3) is 5.76 Å². The highest BCUT2D eigenvalue weighted by molar-refractivity contribution is 6.46. The Bertz CT molecular complexity index is 931. The van der Waals surface area contributed by atoms with Gasteiger partial charge in [-0.25, -0.2) is 0 Å². The third-order valence-electron chi connectivity index (χ3n) is 5.60. The number of Topliss-reactive ketones (excluding diaryl/α,β-unsaturated/α-hetero) is 1. The minimum absolute atomic E-state index is 0.101. The molecule has 6 heteroatoms. The molecule has 2 aromatic rings. The molecule has 3 heterocycles. The number of hydrogen-bond donors (Lipinski definition) is 1. The largest absolute Gasteiger partial charge is 0.507 e. The summed E-state index contributed by atoms with van der Waals surface area (Å²) in [5.74, 6) is -1.44. The number of carbonyl (C=O) groups is 2. The minimum Gasteiger partial charge on any atom is -0.507 e. The van der Waals surface area contributed by atoms with Crippen LogP contribution in [0.3, 0.4) is 0 Å². The quantitative estimate of drug-likeness (QED) is 0.480. The van der Waals surface area contributed by atoms with Crippen LogP contribution in [0.2, 0.25) is 0 Å². The van der Waals surface area contributed by atoms with E-state index in [1.54, 1.807) is 30.6 Å². The first-order valence-corrected chi connectivity index (χ1v) is 9.99. The molecule has 4 rings (SSSR count). The van der Waals surface area contributed by atoms with Gasteiger partial charge in [0.15, 0.2) is 0 Å². The van der Waals surface area contributed by atoms with Crippen molar-refractivity contribution in [1.82, 2.24) is 9.88 Å². The van der Waals surface area contributed by atoms with Crippen molar-refractivity contribution in [3.63, 3.8) is 0 Å². The van der Waals surface area contributed by atoms with E-state index in [4.69, 9.17) is 4.74 Å². The minimum atomic E-state index is -0.682. The van der Waals surface area contributed by atoms with Crippen LogP contribution in [-0.4, -0.2) is 45.9 Å². The molecule has 29 heavy (non-hydrogen) atoms. The molecule has 2 fully saturated rings. The second kappa shape index (κ2) is 8.17. The zero-order valence-corrected chi connectivity index (χ0v) is 16.4. The second-order valence-electron chi connectivity index (χ2n) is 7.42. The van der Waals surface area contributed by atoms with Gasteiger partial charge in [-0.1, -0.05) is 37.3 Å². The Balaban J connectivity index is 1.79. The van der Waals surface area contributed by atoms with Crippen molar-refractivity contribution in [2.45, 2.75) is 38.3 Å². The van der Waals surface area contributed by atoms with Gasteiger partial charge in [-0.2, -0.15) is 0 Å². The third kappa shape index (κ3) is 3.68. The molecule has 150 valence electrons. The first-order valence-electron chi connectivity index (χ1n) is 9.99. The number of nitrogens with zero attached hydrogens (tertiary/aromatic N) is 2. The lowest BCUT2D eigenvalue weighted by Crippen LogP contribution is -2.36. The molecule has 0 spiro atoms. The van der Waals surface area contributed by atoms with Crippen LogP contribution in [0.4, 0.5) is 0 Å². The Labute approximate surface area is 169 Å². The van der Waals surface area contributed by atoms with Gasteiger partial charge in [0.05, 0.1) is 17.7 Å². The number of carbonyl (C=O) groups excluding carboxylic acids is 2. The van der Waals surface area contributed by atoms with E-state index in [0.29, 0.717) is 24.3 Å². The third-order valence-corrected chi connectivity index (χ3v) is 5.60.